The molecule has 0 aliphatic carbocycles. The second-order valence-electron chi connectivity index (χ2n) is 4.32. The summed E-state index contributed by atoms with van der Waals surface area (Å²) in [6, 6.07) is -1.55. The fraction of sp³-hybridized carbons (Fsp3) is 0.429. The van der Waals surface area contributed by atoms with Gasteiger partial charge < -0.3 is 9.88 Å². The van der Waals surface area contributed by atoms with Gasteiger partial charge in [-0.3, -0.25) is 0 Å². The van der Waals surface area contributed by atoms with Crippen molar-refractivity contribution in [1.29, 1.82) is 0 Å². The van der Waals surface area contributed by atoms with Crippen LogP contribution in [0.25, 0.3) is 10.9 Å². The maximum atomic E-state index is 11.9. The van der Waals surface area contributed by atoms with Gasteiger partial charge in [0, 0.05) is 29.1 Å². The van der Waals surface area contributed by atoms with E-state index in [1.807, 2.05) is 0 Å². The minimum absolute atomic E-state index is 0.181. The Labute approximate surface area is 131 Å². The van der Waals surface area contributed by atoms with Crippen molar-refractivity contribution < 1.29 is 19.4 Å². The number of fused-ring (bicyclic) bond motifs is 1. The highest BCUT2D eigenvalue weighted by atomic mass is 32.2. The molecule has 1 heterocycles. The predicted octanol–water partition coefficient (Wildman–Crippen LogP) is 1.32. The summed E-state index contributed by atoms with van der Waals surface area (Å²) in [6.07, 6.45) is -3.32. The Kier molecular flexibility index (Phi) is 2.26. The number of likely N-dealkylation sites (N-methyl/N-ethyl adjacent to an activating group) is 1. The Hall–Kier alpha value is -1.37. The van der Waals surface area contributed by atoms with E-state index in [1.54, 1.807) is 0 Å². The molecule has 0 atom stereocenters. The number of aromatic nitrogens is 1. The third-order valence-corrected chi connectivity index (χ3v) is 3.77. The Morgan fingerprint density at radius 3 is 2.85 bits per heavy atom. The summed E-state index contributed by atoms with van der Waals surface area (Å²) in [5.41, 5.74) is -1.00. The molecule has 0 amide bonds. The molecule has 0 radical (unpaired) electrons. The summed E-state index contributed by atoms with van der Waals surface area (Å²) in [7, 11) is -0.0893. The molecule has 1 aromatic carbocycles. The minimum Gasteiger partial charge on any atom is -0.361 e. The molecule has 0 aliphatic heterocycles. The van der Waals surface area contributed by atoms with E-state index >= 15 is 0 Å². The van der Waals surface area contributed by atoms with Crippen LogP contribution in [-0.4, -0.2) is 45.9 Å². The highest BCUT2D eigenvalue weighted by Gasteiger charge is 2.11. The fourth-order valence-corrected chi connectivity index (χ4v) is 2.18. The summed E-state index contributed by atoms with van der Waals surface area (Å²) >= 11 is 0. The molecular formula is C14H21N3O2S. The normalized spacial score (nSPS) is 19.6. The molecule has 2 aromatic rings. The second-order valence-corrected chi connectivity index (χ2v) is 6.25. The zero-order valence-corrected chi connectivity index (χ0v) is 12.2. The van der Waals surface area contributed by atoms with Crippen molar-refractivity contribution in [3.63, 3.8) is 0 Å². The average Bonchev–Trinajstić information content (AvgIpc) is 2.94. The monoisotopic (exact) mass is 303 g/mol. The van der Waals surface area contributed by atoms with Gasteiger partial charge in [-0.25, -0.2) is 13.1 Å². The number of nitrogens with zero attached hydrogens (tertiary/aromatic N) is 1. The molecule has 1 aromatic heterocycles. The molecule has 5 nitrogen and oxygen atoms in total. The van der Waals surface area contributed by atoms with E-state index in [-0.39, 0.29) is 16.5 Å². The number of benzene rings is 1. The number of nitrogens with one attached hydrogen (secondary N) is 2. The number of sulfonamides is 1. The third kappa shape index (κ3) is 3.59. The van der Waals surface area contributed by atoms with Crippen molar-refractivity contribution in [2.45, 2.75) is 12.1 Å². The Bertz CT molecular complexity index is 1030. The number of hydrogen-bond donors (Lipinski definition) is 2. The molecule has 0 saturated heterocycles. The van der Waals surface area contributed by atoms with Gasteiger partial charge in [-0.2, -0.15) is 0 Å². The van der Waals surface area contributed by atoms with Crippen LogP contribution in [0, 0.1) is 0 Å². The maximum absolute atomic E-state index is 11.9. The van der Waals surface area contributed by atoms with Gasteiger partial charge in [-0.05, 0) is 50.7 Å². The van der Waals surface area contributed by atoms with E-state index < -0.39 is 58.5 Å². The standard InChI is InChI=1S/C14H21N3O2S/c1-15-20(18,19)10-11-4-5-14-13(8-11)12(9-16-14)6-7-17(2)3/h4-5,8-9,15-16H,6-7,10H2,1-3H3/i4D,5D,6D2,7D2,8D,9D. The molecule has 0 saturated carbocycles. The number of hydrogen-bond acceptors (Lipinski definition) is 3. The van der Waals surface area contributed by atoms with E-state index in [9.17, 15) is 8.42 Å². The lowest BCUT2D eigenvalue weighted by atomic mass is 10.1. The predicted molar refractivity (Wildman–Crippen MR) is 82.2 cm³/mol. The number of aryl methyl sites for hydroxylation is 1. The van der Waals surface area contributed by atoms with Gasteiger partial charge >= 0.3 is 0 Å². The van der Waals surface area contributed by atoms with E-state index in [0.29, 0.717) is 0 Å². The SMILES string of the molecule is [2H]c1[nH]c2c([2H])c([2H])c(CS(=O)(=O)NC)c([2H])c2c1C([2H])([2H])C([2H])([2H])N(C)C. The Morgan fingerprint density at radius 1 is 1.45 bits per heavy atom. The first-order valence-corrected chi connectivity index (χ1v) is 7.45. The lowest BCUT2D eigenvalue weighted by molar-refractivity contribution is 0.414. The lowest BCUT2D eigenvalue weighted by Crippen LogP contribution is -2.20. The highest BCUT2D eigenvalue weighted by Crippen LogP contribution is 2.21. The molecule has 0 fully saturated rings. The first kappa shape index (κ1) is 7.59. The van der Waals surface area contributed by atoms with Crippen molar-refractivity contribution in [2.24, 2.45) is 0 Å². The van der Waals surface area contributed by atoms with Gasteiger partial charge in [0.1, 0.15) is 0 Å². The molecule has 0 unspecified atom stereocenters. The van der Waals surface area contributed by atoms with Gasteiger partial charge in [0.25, 0.3) is 0 Å². The second kappa shape index (κ2) is 5.95. The molecule has 6 heteroatoms. The van der Waals surface area contributed by atoms with Crippen LogP contribution in [0.3, 0.4) is 0 Å². The third-order valence-electron chi connectivity index (χ3n) is 2.48. The van der Waals surface area contributed by atoms with Crippen molar-refractivity contribution in [3.05, 3.63) is 35.4 Å². The van der Waals surface area contributed by atoms with Crippen molar-refractivity contribution in [3.8, 4) is 0 Å². The quantitative estimate of drug-likeness (QED) is 0.846. The lowest BCUT2D eigenvalue weighted by Gasteiger charge is -2.08. The van der Waals surface area contributed by atoms with Crippen LogP contribution in [0.2, 0.25) is 0 Å². The zero-order valence-electron chi connectivity index (χ0n) is 19.4. The van der Waals surface area contributed by atoms with Gasteiger partial charge in [0.05, 0.1) is 11.2 Å². The summed E-state index contributed by atoms with van der Waals surface area (Å²) in [6.45, 7) is -2.58. The van der Waals surface area contributed by atoms with Gasteiger partial charge in [0.15, 0.2) is 0 Å². The Morgan fingerprint density at radius 2 is 2.20 bits per heavy atom. The molecule has 20 heavy (non-hydrogen) atoms. The number of H-pyrrole nitrogens is 1. The molecular weight excluding hydrogens is 274 g/mol. The first-order valence-electron chi connectivity index (χ1n) is 9.80. The summed E-state index contributed by atoms with van der Waals surface area (Å²) in [5, 5.41) is -0.275. The van der Waals surface area contributed by atoms with Gasteiger partial charge in [-0.1, -0.05) is 6.04 Å². The molecule has 0 aliphatic rings. The van der Waals surface area contributed by atoms with Crippen molar-refractivity contribution in [2.75, 3.05) is 27.6 Å². The van der Waals surface area contributed by atoms with Gasteiger partial charge in [-0.15, -0.1) is 0 Å². The molecule has 2 rings (SSSR count). The zero-order chi connectivity index (χ0) is 21.8. The smallest absolute Gasteiger partial charge is 0.215 e. The molecule has 0 bridgehead atoms. The molecule has 0 spiro atoms. The molecule has 2 N–H and O–H groups in total. The van der Waals surface area contributed by atoms with E-state index in [1.165, 1.54) is 14.1 Å². The van der Waals surface area contributed by atoms with E-state index in [2.05, 4.69) is 9.71 Å². The minimum atomic E-state index is -3.89. The van der Waals surface area contributed by atoms with Crippen LogP contribution >= 0.6 is 0 Å². The Balaban J connectivity index is 2.95. The van der Waals surface area contributed by atoms with Crippen molar-refractivity contribution in [1.82, 2.24) is 14.6 Å². The average molecular weight is 303 g/mol. The van der Waals surface area contributed by atoms with Crippen LogP contribution in [0.1, 0.15) is 22.1 Å². The van der Waals surface area contributed by atoms with E-state index in [4.69, 9.17) is 11.0 Å². The topological polar surface area (TPSA) is 65.2 Å². The first-order chi connectivity index (χ1) is 12.6. The summed E-state index contributed by atoms with van der Waals surface area (Å²) in [4.78, 5) is 3.43. The van der Waals surface area contributed by atoms with E-state index in [0.717, 1.165) is 11.9 Å². The van der Waals surface area contributed by atoms with Crippen LogP contribution in [0.5, 0.6) is 0 Å². The summed E-state index contributed by atoms with van der Waals surface area (Å²) in [5.74, 6) is -0.773. The molecule has 110 valence electrons. The largest absolute Gasteiger partial charge is 0.361 e. The summed E-state index contributed by atoms with van der Waals surface area (Å²) < 4.78 is 91.4. The maximum Gasteiger partial charge on any atom is 0.215 e. The van der Waals surface area contributed by atoms with Crippen LogP contribution in [0.15, 0.2) is 24.3 Å². The van der Waals surface area contributed by atoms with Crippen LogP contribution in [-0.2, 0) is 22.1 Å². The fourth-order valence-electron chi connectivity index (χ4n) is 1.51. The van der Waals surface area contributed by atoms with Crippen LogP contribution in [0.4, 0.5) is 0 Å². The number of rotatable bonds is 6. The highest BCUT2D eigenvalue weighted by molar-refractivity contribution is 7.88. The van der Waals surface area contributed by atoms with Gasteiger partial charge in [0.2, 0.25) is 10.0 Å². The van der Waals surface area contributed by atoms with Crippen molar-refractivity contribution >= 4 is 20.9 Å². The number of aromatic amines is 1. The van der Waals surface area contributed by atoms with Crippen LogP contribution < -0.4 is 4.72 Å².